The molecule has 58 valence electrons. The monoisotopic (exact) mass is 151 g/mol. The second-order valence-corrected chi connectivity index (χ2v) is 2.61. The fourth-order valence-corrected chi connectivity index (χ4v) is 1.32. The van der Waals surface area contributed by atoms with Crippen molar-refractivity contribution < 1.29 is 4.74 Å². The van der Waals surface area contributed by atoms with E-state index in [9.17, 15) is 4.79 Å². The van der Waals surface area contributed by atoms with Gasteiger partial charge in [0.1, 0.15) is 0 Å². The number of fused-ring (bicyclic) bond motifs is 1. The van der Waals surface area contributed by atoms with Crippen molar-refractivity contribution in [1.29, 1.82) is 0 Å². The first-order valence-corrected chi connectivity index (χ1v) is 3.65. The van der Waals surface area contributed by atoms with E-state index in [4.69, 9.17) is 4.74 Å². The van der Waals surface area contributed by atoms with E-state index in [0.29, 0.717) is 13.2 Å². The van der Waals surface area contributed by atoms with Crippen molar-refractivity contribution in [3.63, 3.8) is 0 Å². The third kappa shape index (κ3) is 1.07. The number of aromatic nitrogens is 1. The number of nitrogens with one attached hydrogen (secondary N) is 1. The number of H-pyrrole nitrogens is 1. The molecule has 0 saturated carbocycles. The molecule has 0 unspecified atom stereocenters. The Morgan fingerprint density at radius 1 is 1.55 bits per heavy atom. The van der Waals surface area contributed by atoms with Crippen molar-refractivity contribution in [2.75, 3.05) is 6.61 Å². The standard InChI is InChI=1S/C8H9NO2/c10-8-7-2-4-11-5-6(7)1-3-9-8/h1,3H,2,4-5H2,(H,9,10). The summed E-state index contributed by atoms with van der Waals surface area (Å²) in [5.74, 6) is 0. The third-order valence-corrected chi connectivity index (χ3v) is 1.91. The van der Waals surface area contributed by atoms with Crippen LogP contribution in [0.4, 0.5) is 0 Å². The van der Waals surface area contributed by atoms with Crippen molar-refractivity contribution in [2.24, 2.45) is 0 Å². The van der Waals surface area contributed by atoms with Crippen molar-refractivity contribution >= 4 is 0 Å². The topological polar surface area (TPSA) is 42.1 Å². The molecule has 0 saturated heterocycles. The summed E-state index contributed by atoms with van der Waals surface area (Å²) >= 11 is 0. The van der Waals surface area contributed by atoms with Gasteiger partial charge in [-0.2, -0.15) is 0 Å². The van der Waals surface area contributed by atoms with Crippen molar-refractivity contribution in [3.05, 3.63) is 33.7 Å². The van der Waals surface area contributed by atoms with Gasteiger partial charge in [0.25, 0.3) is 5.56 Å². The quantitative estimate of drug-likeness (QED) is 0.584. The molecule has 3 heteroatoms. The van der Waals surface area contributed by atoms with Gasteiger partial charge in [-0.05, 0) is 11.6 Å². The first-order chi connectivity index (χ1) is 5.38. The van der Waals surface area contributed by atoms with Crippen LogP contribution >= 0.6 is 0 Å². The Kier molecular flexibility index (Phi) is 1.51. The summed E-state index contributed by atoms with van der Waals surface area (Å²) in [4.78, 5) is 13.8. The van der Waals surface area contributed by atoms with Crippen LogP contribution in [0.2, 0.25) is 0 Å². The molecule has 1 N–H and O–H groups in total. The largest absolute Gasteiger partial charge is 0.376 e. The summed E-state index contributed by atoms with van der Waals surface area (Å²) in [7, 11) is 0. The highest BCUT2D eigenvalue weighted by Gasteiger charge is 2.11. The number of ether oxygens (including phenoxy) is 1. The average molecular weight is 151 g/mol. The minimum atomic E-state index is 0.0331. The van der Waals surface area contributed by atoms with Crippen LogP contribution in [0.15, 0.2) is 17.1 Å². The summed E-state index contributed by atoms with van der Waals surface area (Å²) in [5, 5.41) is 0. The van der Waals surface area contributed by atoms with Crippen molar-refractivity contribution in [2.45, 2.75) is 13.0 Å². The van der Waals surface area contributed by atoms with Gasteiger partial charge in [-0.25, -0.2) is 0 Å². The maximum atomic E-state index is 11.2. The molecule has 3 nitrogen and oxygen atoms in total. The lowest BCUT2D eigenvalue weighted by Crippen LogP contribution is -2.21. The maximum absolute atomic E-state index is 11.2. The molecule has 0 fully saturated rings. The van der Waals surface area contributed by atoms with Crippen LogP contribution in [0.25, 0.3) is 0 Å². The number of pyridine rings is 1. The van der Waals surface area contributed by atoms with Crippen LogP contribution < -0.4 is 5.56 Å². The Bertz CT molecular complexity index is 316. The second kappa shape index (κ2) is 2.51. The van der Waals surface area contributed by atoms with E-state index in [0.717, 1.165) is 17.5 Å². The van der Waals surface area contributed by atoms with Gasteiger partial charge in [0.05, 0.1) is 13.2 Å². The molecule has 0 radical (unpaired) electrons. The van der Waals surface area contributed by atoms with Crippen LogP contribution in [0, 0.1) is 0 Å². The predicted molar refractivity (Wildman–Crippen MR) is 40.4 cm³/mol. The highest BCUT2D eigenvalue weighted by molar-refractivity contribution is 5.24. The summed E-state index contributed by atoms with van der Waals surface area (Å²) in [6.45, 7) is 1.25. The minimum absolute atomic E-state index is 0.0331. The van der Waals surface area contributed by atoms with Gasteiger partial charge in [-0.1, -0.05) is 0 Å². The Labute approximate surface area is 64.0 Å². The lowest BCUT2D eigenvalue weighted by atomic mass is 10.1. The van der Waals surface area contributed by atoms with Crippen LogP contribution in [0.1, 0.15) is 11.1 Å². The zero-order valence-electron chi connectivity index (χ0n) is 6.09. The van der Waals surface area contributed by atoms with Crippen molar-refractivity contribution in [3.8, 4) is 0 Å². The molecule has 0 amide bonds. The summed E-state index contributed by atoms with van der Waals surface area (Å²) in [6.07, 6.45) is 2.40. The molecule has 0 bridgehead atoms. The molecule has 0 atom stereocenters. The molecule has 0 aromatic carbocycles. The molecule has 2 heterocycles. The van der Waals surface area contributed by atoms with E-state index in [1.165, 1.54) is 0 Å². The highest BCUT2D eigenvalue weighted by Crippen LogP contribution is 2.10. The summed E-state index contributed by atoms with van der Waals surface area (Å²) in [6, 6.07) is 1.90. The zero-order valence-corrected chi connectivity index (χ0v) is 6.09. The SMILES string of the molecule is O=c1[nH]ccc2c1CCOC2. The molecule has 1 aliphatic heterocycles. The molecular formula is C8H9NO2. The number of aromatic amines is 1. The van der Waals surface area contributed by atoms with E-state index < -0.39 is 0 Å². The Balaban J connectivity index is 2.58. The van der Waals surface area contributed by atoms with Crippen LogP contribution in [-0.4, -0.2) is 11.6 Å². The molecule has 2 rings (SSSR count). The molecular weight excluding hydrogens is 142 g/mol. The van der Waals surface area contributed by atoms with Gasteiger partial charge < -0.3 is 9.72 Å². The summed E-state index contributed by atoms with van der Waals surface area (Å²) in [5.41, 5.74) is 1.95. The predicted octanol–water partition coefficient (Wildman–Crippen LogP) is 0.448. The van der Waals surface area contributed by atoms with Gasteiger partial charge in [0.15, 0.2) is 0 Å². The van der Waals surface area contributed by atoms with Gasteiger partial charge in [-0.15, -0.1) is 0 Å². The Morgan fingerprint density at radius 2 is 2.45 bits per heavy atom. The van der Waals surface area contributed by atoms with E-state index in [-0.39, 0.29) is 5.56 Å². The first kappa shape index (κ1) is 6.61. The van der Waals surface area contributed by atoms with Gasteiger partial charge >= 0.3 is 0 Å². The lowest BCUT2D eigenvalue weighted by Gasteiger charge is -2.13. The molecule has 1 aliphatic rings. The van der Waals surface area contributed by atoms with E-state index in [2.05, 4.69) is 4.98 Å². The second-order valence-electron chi connectivity index (χ2n) is 2.61. The van der Waals surface area contributed by atoms with Crippen molar-refractivity contribution in [1.82, 2.24) is 4.98 Å². The number of rotatable bonds is 0. The van der Waals surface area contributed by atoms with Gasteiger partial charge in [0, 0.05) is 18.2 Å². The van der Waals surface area contributed by atoms with Crippen LogP contribution in [0.5, 0.6) is 0 Å². The maximum Gasteiger partial charge on any atom is 0.251 e. The Morgan fingerprint density at radius 3 is 3.27 bits per heavy atom. The normalized spacial score (nSPS) is 16.0. The number of hydrogen-bond acceptors (Lipinski definition) is 2. The van der Waals surface area contributed by atoms with Gasteiger partial charge in [0.2, 0.25) is 0 Å². The molecule has 0 spiro atoms. The van der Waals surface area contributed by atoms with Crippen LogP contribution in [0.3, 0.4) is 0 Å². The molecule has 11 heavy (non-hydrogen) atoms. The smallest absolute Gasteiger partial charge is 0.251 e. The average Bonchev–Trinajstić information content (AvgIpc) is 2.06. The summed E-state index contributed by atoms with van der Waals surface area (Å²) < 4.78 is 5.20. The van der Waals surface area contributed by atoms with E-state index in [1.807, 2.05) is 6.07 Å². The first-order valence-electron chi connectivity index (χ1n) is 3.65. The minimum Gasteiger partial charge on any atom is -0.376 e. The third-order valence-electron chi connectivity index (χ3n) is 1.91. The lowest BCUT2D eigenvalue weighted by molar-refractivity contribution is 0.110. The fraction of sp³-hybridized carbons (Fsp3) is 0.375. The Hall–Kier alpha value is -1.09. The van der Waals surface area contributed by atoms with E-state index >= 15 is 0 Å². The molecule has 1 aromatic heterocycles. The fourth-order valence-electron chi connectivity index (χ4n) is 1.32. The number of hydrogen-bond donors (Lipinski definition) is 1. The van der Waals surface area contributed by atoms with E-state index in [1.54, 1.807) is 6.20 Å². The highest BCUT2D eigenvalue weighted by atomic mass is 16.5. The molecule has 0 aliphatic carbocycles. The zero-order chi connectivity index (χ0) is 7.68. The van der Waals surface area contributed by atoms with Gasteiger partial charge in [-0.3, -0.25) is 4.79 Å². The van der Waals surface area contributed by atoms with Crippen LogP contribution in [-0.2, 0) is 17.8 Å². The molecule has 1 aromatic rings.